The first-order chi connectivity index (χ1) is 19.7. The molecular weight excluding hydrogens is 589 g/mol. The summed E-state index contributed by atoms with van der Waals surface area (Å²) in [6.07, 6.45) is -9.70. The van der Waals surface area contributed by atoms with Crippen LogP contribution >= 0.6 is 11.6 Å². The first-order valence-corrected chi connectivity index (χ1v) is 12.6. The van der Waals surface area contributed by atoms with Gasteiger partial charge in [-0.2, -0.15) is 26.3 Å². The molecule has 0 radical (unpaired) electrons. The SMILES string of the molecule is COC(C(=O)NC(Cc1ccccc1)(c1cc(F)cc(C(F)(F)F)c1)c1ccc(Cl)cn1)(c1ccccc1)C(F)(F)F. The molecule has 12 heteroatoms. The van der Waals surface area contributed by atoms with Crippen LogP contribution in [0.2, 0.25) is 5.02 Å². The lowest BCUT2D eigenvalue weighted by atomic mass is 9.78. The average Bonchev–Trinajstić information content (AvgIpc) is 2.93. The summed E-state index contributed by atoms with van der Waals surface area (Å²) in [5, 5.41) is 2.41. The summed E-state index contributed by atoms with van der Waals surface area (Å²) in [5.74, 6) is -3.11. The van der Waals surface area contributed by atoms with E-state index in [1.54, 1.807) is 30.3 Å². The van der Waals surface area contributed by atoms with E-state index in [1.165, 1.54) is 30.3 Å². The summed E-state index contributed by atoms with van der Waals surface area (Å²) >= 11 is 5.99. The van der Waals surface area contributed by atoms with E-state index in [0.717, 1.165) is 18.3 Å². The molecule has 0 saturated heterocycles. The van der Waals surface area contributed by atoms with Crippen molar-refractivity contribution in [1.82, 2.24) is 10.3 Å². The number of methoxy groups -OCH3 is 1. The predicted octanol–water partition coefficient (Wildman–Crippen LogP) is 7.60. The third-order valence-corrected chi connectivity index (χ3v) is 6.95. The van der Waals surface area contributed by atoms with Gasteiger partial charge in [0.05, 0.1) is 16.3 Å². The number of aromatic nitrogens is 1. The number of amides is 1. The molecule has 4 aromatic rings. The summed E-state index contributed by atoms with van der Waals surface area (Å²) < 4.78 is 106. The first-order valence-electron chi connectivity index (χ1n) is 12.3. The second-order valence-corrected chi connectivity index (χ2v) is 9.80. The van der Waals surface area contributed by atoms with Gasteiger partial charge in [0, 0.05) is 25.3 Å². The lowest BCUT2D eigenvalue weighted by molar-refractivity contribution is -0.266. The van der Waals surface area contributed by atoms with Crippen molar-refractivity contribution < 1.29 is 40.3 Å². The standard InChI is InChI=1S/C30H22ClF7N2O2/c1-42-28(30(36,37)38,20-10-6-3-7-11-20)26(41)40-27(17-19-8-4-2-5-9-19,25-13-12-23(31)18-39-25)21-14-22(29(33,34)35)16-24(32)15-21/h2-16,18H,17H2,1H3,(H,40,41). The molecule has 0 bridgehead atoms. The minimum absolute atomic E-state index is 0.0970. The summed E-state index contributed by atoms with van der Waals surface area (Å²) in [4.78, 5) is 18.2. The maximum atomic E-state index is 14.8. The van der Waals surface area contributed by atoms with Crippen LogP contribution in [-0.2, 0) is 33.3 Å². The molecule has 220 valence electrons. The van der Waals surface area contributed by atoms with Crippen molar-refractivity contribution in [1.29, 1.82) is 0 Å². The third-order valence-electron chi connectivity index (χ3n) is 6.73. The molecule has 42 heavy (non-hydrogen) atoms. The van der Waals surface area contributed by atoms with Crippen molar-refractivity contribution in [3.05, 3.63) is 136 Å². The molecule has 1 N–H and O–H groups in total. The Kier molecular flexibility index (Phi) is 8.65. The van der Waals surface area contributed by atoms with Gasteiger partial charge in [0.15, 0.2) is 0 Å². The maximum absolute atomic E-state index is 14.8. The van der Waals surface area contributed by atoms with Gasteiger partial charge in [0.1, 0.15) is 11.4 Å². The Balaban J connectivity index is 2.06. The molecule has 4 nitrogen and oxygen atoms in total. The van der Waals surface area contributed by atoms with Gasteiger partial charge in [0.2, 0.25) is 0 Å². The highest BCUT2D eigenvalue weighted by atomic mass is 35.5. The number of carbonyl (C=O) groups excluding carboxylic acids is 1. The van der Waals surface area contributed by atoms with Crippen molar-refractivity contribution >= 4 is 17.5 Å². The van der Waals surface area contributed by atoms with Crippen LogP contribution < -0.4 is 5.32 Å². The number of nitrogens with one attached hydrogen (secondary N) is 1. The number of ether oxygens (including phenoxy) is 1. The fourth-order valence-electron chi connectivity index (χ4n) is 4.76. The van der Waals surface area contributed by atoms with E-state index in [1.807, 2.05) is 0 Å². The molecule has 1 heterocycles. The highest BCUT2D eigenvalue weighted by Crippen LogP contribution is 2.44. The smallest absolute Gasteiger partial charge is 0.356 e. The number of rotatable bonds is 8. The lowest BCUT2D eigenvalue weighted by Gasteiger charge is -2.40. The quantitative estimate of drug-likeness (QED) is 0.209. The van der Waals surface area contributed by atoms with Crippen molar-refractivity contribution in [3.8, 4) is 0 Å². The van der Waals surface area contributed by atoms with E-state index >= 15 is 0 Å². The monoisotopic (exact) mass is 610 g/mol. The minimum Gasteiger partial charge on any atom is -0.356 e. The topological polar surface area (TPSA) is 51.2 Å². The molecule has 0 saturated carbocycles. The second-order valence-electron chi connectivity index (χ2n) is 9.36. The van der Waals surface area contributed by atoms with E-state index in [9.17, 15) is 35.5 Å². The highest BCUT2D eigenvalue weighted by molar-refractivity contribution is 6.30. The van der Waals surface area contributed by atoms with Gasteiger partial charge >= 0.3 is 12.4 Å². The van der Waals surface area contributed by atoms with Gasteiger partial charge in [-0.05, 0) is 41.5 Å². The van der Waals surface area contributed by atoms with Gasteiger partial charge in [-0.25, -0.2) is 4.39 Å². The Bertz CT molecular complexity index is 1530. The number of alkyl halides is 6. The zero-order valence-corrected chi connectivity index (χ0v) is 22.5. The molecule has 0 aliphatic rings. The molecule has 2 atom stereocenters. The number of carbonyl (C=O) groups is 1. The maximum Gasteiger partial charge on any atom is 0.430 e. The second kappa shape index (κ2) is 11.7. The molecule has 2 unspecified atom stereocenters. The van der Waals surface area contributed by atoms with Crippen molar-refractivity contribution in [2.45, 2.75) is 29.9 Å². The molecule has 4 rings (SSSR count). The first kappa shape index (κ1) is 31.0. The van der Waals surface area contributed by atoms with Crippen LogP contribution in [-0.4, -0.2) is 24.2 Å². The molecule has 1 aromatic heterocycles. The summed E-state index contributed by atoms with van der Waals surface area (Å²) in [7, 11) is 0.684. The number of halogens is 8. The average molecular weight is 611 g/mol. The van der Waals surface area contributed by atoms with Crippen LogP contribution in [0.25, 0.3) is 0 Å². The van der Waals surface area contributed by atoms with Gasteiger partial charge in [-0.15, -0.1) is 0 Å². The molecule has 0 aliphatic carbocycles. The number of nitrogens with zero attached hydrogens (tertiary/aromatic N) is 1. The van der Waals surface area contributed by atoms with E-state index in [4.69, 9.17) is 16.3 Å². The van der Waals surface area contributed by atoms with E-state index in [0.29, 0.717) is 24.8 Å². The zero-order valence-electron chi connectivity index (χ0n) is 21.7. The van der Waals surface area contributed by atoms with Crippen LogP contribution in [0.3, 0.4) is 0 Å². The summed E-state index contributed by atoms with van der Waals surface area (Å²) in [5.41, 5.74) is -8.25. The van der Waals surface area contributed by atoms with Gasteiger partial charge in [-0.1, -0.05) is 72.3 Å². The Labute approximate surface area is 241 Å². The van der Waals surface area contributed by atoms with Crippen LogP contribution in [0.15, 0.2) is 97.2 Å². The number of pyridine rings is 1. The molecule has 1 amide bonds. The molecule has 0 fully saturated rings. The Morgan fingerprint density at radius 1 is 0.833 bits per heavy atom. The zero-order chi connectivity index (χ0) is 30.8. The number of benzene rings is 3. The van der Waals surface area contributed by atoms with Crippen LogP contribution in [0.4, 0.5) is 30.7 Å². The lowest BCUT2D eigenvalue weighted by Crippen LogP contribution is -2.61. The van der Waals surface area contributed by atoms with E-state index < -0.39 is 58.3 Å². The highest BCUT2D eigenvalue weighted by Gasteiger charge is 2.64. The van der Waals surface area contributed by atoms with Crippen LogP contribution in [0.1, 0.15) is 27.9 Å². The van der Waals surface area contributed by atoms with E-state index in [2.05, 4.69) is 10.3 Å². The largest absolute Gasteiger partial charge is 0.430 e. The fourth-order valence-corrected chi connectivity index (χ4v) is 4.87. The van der Waals surface area contributed by atoms with Crippen LogP contribution in [0, 0.1) is 5.82 Å². The van der Waals surface area contributed by atoms with Gasteiger partial charge < -0.3 is 10.1 Å². The Hall–Kier alpha value is -3.96. The van der Waals surface area contributed by atoms with E-state index in [-0.39, 0.29) is 16.8 Å². The number of hydrogen-bond acceptors (Lipinski definition) is 3. The summed E-state index contributed by atoms with van der Waals surface area (Å²) in [6, 6.07) is 18.0. The fraction of sp³-hybridized carbons (Fsp3) is 0.200. The summed E-state index contributed by atoms with van der Waals surface area (Å²) in [6.45, 7) is 0. The third kappa shape index (κ3) is 5.98. The van der Waals surface area contributed by atoms with Crippen molar-refractivity contribution in [2.24, 2.45) is 0 Å². The van der Waals surface area contributed by atoms with Gasteiger partial charge in [0.25, 0.3) is 11.5 Å². The Morgan fingerprint density at radius 3 is 1.95 bits per heavy atom. The molecular formula is C30H22ClF7N2O2. The minimum atomic E-state index is -5.35. The molecule has 3 aromatic carbocycles. The molecule has 0 aliphatic heterocycles. The Morgan fingerprint density at radius 2 is 1.43 bits per heavy atom. The van der Waals surface area contributed by atoms with Crippen LogP contribution in [0.5, 0.6) is 0 Å². The number of hydrogen-bond donors (Lipinski definition) is 1. The van der Waals surface area contributed by atoms with Crippen molar-refractivity contribution in [3.63, 3.8) is 0 Å². The molecule has 0 spiro atoms. The normalized spacial score (nSPS) is 15.0. The van der Waals surface area contributed by atoms with Crippen molar-refractivity contribution in [2.75, 3.05) is 7.11 Å². The predicted molar refractivity (Wildman–Crippen MR) is 141 cm³/mol. The van der Waals surface area contributed by atoms with Gasteiger partial charge in [-0.3, -0.25) is 9.78 Å².